The van der Waals surface area contributed by atoms with E-state index in [-0.39, 0.29) is 0 Å². The number of aromatic carboxylic acids is 1. The monoisotopic (exact) mass is 272 g/mol. The summed E-state index contributed by atoms with van der Waals surface area (Å²) >= 11 is 12.9. The molecule has 0 saturated carbocycles. The molecule has 0 spiro atoms. The van der Waals surface area contributed by atoms with Crippen LogP contribution in [0.4, 0.5) is 0 Å². The van der Waals surface area contributed by atoms with Crippen molar-refractivity contribution in [1.29, 1.82) is 0 Å². The number of carbonyl (C=O) groups is 1. The molecule has 0 amide bonds. The quantitative estimate of drug-likeness (QED) is 0.879. The van der Waals surface area contributed by atoms with Crippen LogP contribution in [0.15, 0.2) is 29.6 Å². The van der Waals surface area contributed by atoms with Gasteiger partial charge in [-0.05, 0) is 29.1 Å². The van der Waals surface area contributed by atoms with Gasteiger partial charge >= 0.3 is 5.97 Å². The molecular weight excluding hydrogens is 267 g/mol. The van der Waals surface area contributed by atoms with Gasteiger partial charge in [0, 0.05) is 5.56 Å². The molecule has 0 aliphatic carbocycles. The minimum absolute atomic E-state index is 0.304. The molecule has 0 fully saturated rings. The van der Waals surface area contributed by atoms with E-state index in [0.717, 1.165) is 5.56 Å². The maximum absolute atomic E-state index is 11.0. The number of rotatable bonds is 2. The first-order valence-corrected chi connectivity index (χ1v) is 5.99. The first-order chi connectivity index (χ1) is 7.59. The van der Waals surface area contributed by atoms with Gasteiger partial charge in [0.05, 0.1) is 10.0 Å². The van der Waals surface area contributed by atoms with Gasteiger partial charge in [0.2, 0.25) is 0 Å². The Bertz CT molecular complexity index is 549. The van der Waals surface area contributed by atoms with Gasteiger partial charge in [0.1, 0.15) is 4.88 Å². The highest BCUT2D eigenvalue weighted by Gasteiger charge is 2.13. The van der Waals surface area contributed by atoms with Crippen LogP contribution in [0.5, 0.6) is 0 Å². The Kier molecular flexibility index (Phi) is 3.19. The normalized spacial score (nSPS) is 10.4. The van der Waals surface area contributed by atoms with E-state index in [4.69, 9.17) is 28.3 Å². The first-order valence-electron chi connectivity index (χ1n) is 4.36. The molecule has 82 valence electrons. The van der Waals surface area contributed by atoms with Crippen molar-refractivity contribution in [3.8, 4) is 11.1 Å². The molecule has 2 aromatic rings. The van der Waals surface area contributed by atoms with E-state index in [0.29, 0.717) is 20.5 Å². The molecule has 5 heteroatoms. The molecule has 1 heterocycles. The maximum atomic E-state index is 11.0. The van der Waals surface area contributed by atoms with Crippen molar-refractivity contribution < 1.29 is 9.90 Å². The Morgan fingerprint density at radius 2 is 1.94 bits per heavy atom. The predicted molar refractivity (Wildman–Crippen MR) is 66.7 cm³/mol. The lowest BCUT2D eigenvalue weighted by Crippen LogP contribution is -1.94. The summed E-state index contributed by atoms with van der Waals surface area (Å²) < 4.78 is 0. The van der Waals surface area contributed by atoms with Crippen molar-refractivity contribution in [3.05, 3.63) is 44.6 Å². The fourth-order valence-electron chi connectivity index (χ4n) is 1.37. The maximum Gasteiger partial charge on any atom is 0.346 e. The highest BCUT2D eigenvalue weighted by molar-refractivity contribution is 7.12. The molecule has 0 unspecified atom stereocenters. The van der Waals surface area contributed by atoms with Crippen molar-refractivity contribution in [2.45, 2.75) is 0 Å². The third kappa shape index (κ3) is 2.07. The summed E-state index contributed by atoms with van der Waals surface area (Å²) in [6, 6.07) is 6.83. The van der Waals surface area contributed by atoms with E-state index in [1.807, 2.05) is 0 Å². The second-order valence-electron chi connectivity index (χ2n) is 3.10. The highest BCUT2D eigenvalue weighted by atomic mass is 35.5. The van der Waals surface area contributed by atoms with Gasteiger partial charge < -0.3 is 5.11 Å². The number of hydrogen-bond donors (Lipinski definition) is 1. The van der Waals surface area contributed by atoms with E-state index < -0.39 is 5.97 Å². The fraction of sp³-hybridized carbons (Fsp3) is 0. The van der Waals surface area contributed by atoms with Crippen molar-refractivity contribution in [3.63, 3.8) is 0 Å². The van der Waals surface area contributed by atoms with E-state index in [1.54, 1.807) is 29.6 Å². The van der Waals surface area contributed by atoms with Gasteiger partial charge in [0.15, 0.2) is 0 Å². The van der Waals surface area contributed by atoms with Crippen LogP contribution in [0.2, 0.25) is 10.0 Å². The summed E-state index contributed by atoms with van der Waals surface area (Å²) in [5.74, 6) is -0.934. The zero-order valence-corrected chi connectivity index (χ0v) is 10.2. The van der Waals surface area contributed by atoms with Gasteiger partial charge in [-0.15, -0.1) is 11.3 Å². The molecule has 1 N–H and O–H groups in total. The molecule has 0 bridgehead atoms. The molecule has 0 atom stereocenters. The van der Waals surface area contributed by atoms with Crippen LogP contribution in [0.1, 0.15) is 9.67 Å². The fourth-order valence-corrected chi connectivity index (χ4v) is 2.42. The van der Waals surface area contributed by atoms with Crippen LogP contribution in [-0.2, 0) is 0 Å². The average Bonchev–Trinajstić information content (AvgIpc) is 2.71. The van der Waals surface area contributed by atoms with Gasteiger partial charge in [-0.1, -0.05) is 29.3 Å². The molecule has 0 aliphatic heterocycles. The van der Waals surface area contributed by atoms with Crippen molar-refractivity contribution in [2.24, 2.45) is 0 Å². The van der Waals surface area contributed by atoms with Gasteiger partial charge in [0.25, 0.3) is 0 Å². The number of benzene rings is 1. The smallest absolute Gasteiger partial charge is 0.346 e. The van der Waals surface area contributed by atoms with E-state index >= 15 is 0 Å². The molecule has 0 radical (unpaired) electrons. The second kappa shape index (κ2) is 4.45. The molecule has 16 heavy (non-hydrogen) atoms. The van der Waals surface area contributed by atoms with Crippen LogP contribution in [-0.4, -0.2) is 11.1 Å². The number of hydrogen-bond acceptors (Lipinski definition) is 2. The van der Waals surface area contributed by atoms with Crippen molar-refractivity contribution >= 4 is 40.5 Å². The van der Waals surface area contributed by atoms with Crippen molar-refractivity contribution in [1.82, 2.24) is 0 Å². The van der Waals surface area contributed by atoms with Crippen LogP contribution < -0.4 is 0 Å². The molecule has 0 aliphatic rings. The number of halogens is 2. The summed E-state index contributed by atoms with van der Waals surface area (Å²) in [7, 11) is 0. The SMILES string of the molecule is O=C(O)c1sccc1-c1ccc(Cl)c(Cl)c1. The Labute approximate surface area is 106 Å². The molecular formula is C11H6Cl2O2S. The first kappa shape index (κ1) is 11.5. The topological polar surface area (TPSA) is 37.3 Å². The van der Waals surface area contributed by atoms with Crippen LogP contribution >= 0.6 is 34.5 Å². The highest BCUT2D eigenvalue weighted by Crippen LogP contribution is 2.32. The third-order valence-electron chi connectivity index (χ3n) is 2.09. The predicted octanol–water partition coefficient (Wildman–Crippen LogP) is 4.42. The van der Waals surface area contributed by atoms with E-state index in [2.05, 4.69) is 0 Å². The van der Waals surface area contributed by atoms with E-state index in [1.165, 1.54) is 11.3 Å². The Morgan fingerprint density at radius 3 is 2.56 bits per heavy atom. The van der Waals surface area contributed by atoms with Gasteiger partial charge in [-0.2, -0.15) is 0 Å². The van der Waals surface area contributed by atoms with Crippen LogP contribution in [0.3, 0.4) is 0 Å². The zero-order valence-electron chi connectivity index (χ0n) is 7.91. The summed E-state index contributed by atoms with van der Waals surface area (Å²) in [4.78, 5) is 11.3. The lowest BCUT2D eigenvalue weighted by Gasteiger charge is -2.02. The summed E-state index contributed by atoms with van der Waals surface area (Å²) in [5.41, 5.74) is 1.42. The van der Waals surface area contributed by atoms with Gasteiger partial charge in [-0.25, -0.2) is 4.79 Å². The van der Waals surface area contributed by atoms with Gasteiger partial charge in [-0.3, -0.25) is 0 Å². The minimum atomic E-state index is -0.934. The molecule has 0 saturated heterocycles. The summed E-state index contributed by atoms with van der Waals surface area (Å²) in [6.07, 6.45) is 0. The molecule has 2 nitrogen and oxygen atoms in total. The number of carboxylic acid groups (broad SMARTS) is 1. The molecule has 1 aromatic carbocycles. The average molecular weight is 273 g/mol. The zero-order chi connectivity index (χ0) is 11.7. The van der Waals surface area contributed by atoms with E-state index in [9.17, 15) is 4.79 Å². The molecule has 1 aromatic heterocycles. The minimum Gasteiger partial charge on any atom is -0.477 e. The second-order valence-corrected chi connectivity index (χ2v) is 4.83. The van der Waals surface area contributed by atoms with Crippen LogP contribution in [0.25, 0.3) is 11.1 Å². The Balaban J connectivity index is 2.54. The molecule has 2 rings (SSSR count). The Morgan fingerprint density at radius 1 is 1.19 bits per heavy atom. The lowest BCUT2D eigenvalue weighted by atomic mass is 10.1. The lowest BCUT2D eigenvalue weighted by molar-refractivity contribution is 0.0703. The standard InChI is InChI=1S/C11H6Cl2O2S/c12-8-2-1-6(5-9(8)13)7-3-4-16-10(7)11(14)15/h1-5H,(H,14,15). The Hall–Kier alpha value is -1.03. The van der Waals surface area contributed by atoms with Crippen molar-refractivity contribution in [2.75, 3.05) is 0 Å². The summed E-state index contributed by atoms with van der Waals surface area (Å²) in [5, 5.41) is 11.6. The largest absolute Gasteiger partial charge is 0.477 e. The number of carboxylic acids is 1. The van der Waals surface area contributed by atoms with Crippen LogP contribution in [0, 0.1) is 0 Å². The summed E-state index contributed by atoms with van der Waals surface area (Å²) in [6.45, 7) is 0. The third-order valence-corrected chi connectivity index (χ3v) is 3.73. The number of thiophene rings is 1.